The Hall–Kier alpha value is -0.740. The van der Waals surface area contributed by atoms with E-state index in [1.54, 1.807) is 7.11 Å². The third-order valence-corrected chi connectivity index (χ3v) is 4.20. The van der Waals surface area contributed by atoms with Gasteiger partial charge in [-0.3, -0.25) is 4.90 Å². The zero-order valence-electron chi connectivity index (χ0n) is 12.2. The maximum absolute atomic E-state index is 5.49. The fraction of sp³-hybridized carbons (Fsp3) is 0.600. The molecule has 0 atom stereocenters. The van der Waals surface area contributed by atoms with E-state index in [2.05, 4.69) is 58.6 Å². The zero-order valence-corrected chi connectivity index (χ0v) is 13.8. The van der Waals surface area contributed by atoms with E-state index in [0.29, 0.717) is 0 Å². The number of benzene rings is 1. The molecule has 1 aromatic rings. The molecule has 0 radical (unpaired) electrons. The molecule has 1 heterocycles. The van der Waals surface area contributed by atoms with Gasteiger partial charge in [0.25, 0.3) is 0 Å². The van der Waals surface area contributed by atoms with Crippen molar-refractivity contribution < 1.29 is 4.74 Å². The Morgan fingerprint density at radius 3 is 2.26 bits per heavy atom. The fourth-order valence-corrected chi connectivity index (χ4v) is 2.87. The molecule has 1 saturated heterocycles. The predicted molar refractivity (Wildman–Crippen MR) is 84.2 cm³/mol. The lowest BCUT2D eigenvalue weighted by Gasteiger charge is -2.43. The Labute approximate surface area is 124 Å². The van der Waals surface area contributed by atoms with Gasteiger partial charge in [-0.2, -0.15) is 0 Å². The van der Waals surface area contributed by atoms with Crippen LogP contribution in [0.3, 0.4) is 0 Å². The molecule has 0 saturated carbocycles. The molecule has 106 valence electrons. The molecule has 0 aromatic heterocycles. The summed E-state index contributed by atoms with van der Waals surface area (Å²) in [5.41, 5.74) is 1.45. The van der Waals surface area contributed by atoms with Gasteiger partial charge in [0.15, 0.2) is 0 Å². The molecule has 4 heteroatoms. The van der Waals surface area contributed by atoms with Crippen molar-refractivity contribution in [2.75, 3.05) is 38.2 Å². The average Bonchev–Trinajstić information content (AvgIpc) is 2.37. The van der Waals surface area contributed by atoms with E-state index >= 15 is 0 Å². The first kappa shape index (κ1) is 14.7. The number of hydrogen-bond acceptors (Lipinski definition) is 3. The Balaban J connectivity index is 2.10. The summed E-state index contributed by atoms with van der Waals surface area (Å²) in [6, 6.07) is 6.25. The lowest BCUT2D eigenvalue weighted by Crippen LogP contribution is -2.53. The van der Waals surface area contributed by atoms with E-state index in [9.17, 15) is 0 Å². The molecule has 1 aliphatic rings. The molecule has 3 nitrogen and oxygen atoms in total. The SMILES string of the molecule is COc1cc(Br)ccc1N1CCN(C(C)(C)C)CC1. The van der Waals surface area contributed by atoms with Gasteiger partial charge in [-0.25, -0.2) is 0 Å². The molecular weight excluding hydrogens is 304 g/mol. The minimum atomic E-state index is 0.260. The van der Waals surface area contributed by atoms with E-state index in [4.69, 9.17) is 4.74 Å². The Morgan fingerprint density at radius 2 is 1.74 bits per heavy atom. The summed E-state index contributed by atoms with van der Waals surface area (Å²) in [6.45, 7) is 11.1. The molecule has 19 heavy (non-hydrogen) atoms. The minimum Gasteiger partial charge on any atom is -0.495 e. The molecule has 0 N–H and O–H groups in total. The topological polar surface area (TPSA) is 15.7 Å². The Morgan fingerprint density at radius 1 is 1.11 bits per heavy atom. The van der Waals surface area contributed by atoms with E-state index in [1.807, 2.05) is 6.07 Å². The summed E-state index contributed by atoms with van der Waals surface area (Å²) in [4.78, 5) is 4.95. The van der Waals surface area contributed by atoms with Gasteiger partial charge >= 0.3 is 0 Å². The van der Waals surface area contributed by atoms with E-state index in [0.717, 1.165) is 36.4 Å². The summed E-state index contributed by atoms with van der Waals surface area (Å²) in [5.74, 6) is 0.943. The van der Waals surface area contributed by atoms with Crippen molar-refractivity contribution >= 4 is 21.6 Å². The van der Waals surface area contributed by atoms with Crippen LogP contribution in [0.15, 0.2) is 22.7 Å². The molecule has 2 rings (SSSR count). The smallest absolute Gasteiger partial charge is 0.143 e. The first-order chi connectivity index (χ1) is 8.91. The number of nitrogens with zero attached hydrogens (tertiary/aromatic N) is 2. The Bertz CT molecular complexity index is 434. The van der Waals surface area contributed by atoms with Crippen LogP contribution in [0, 0.1) is 0 Å². The predicted octanol–water partition coefficient (Wildman–Crippen LogP) is 3.38. The molecular formula is C15H23BrN2O. The van der Waals surface area contributed by atoms with Crippen molar-refractivity contribution in [1.82, 2.24) is 4.90 Å². The first-order valence-electron chi connectivity index (χ1n) is 6.75. The monoisotopic (exact) mass is 326 g/mol. The second-order valence-corrected chi connectivity index (χ2v) is 6.88. The highest BCUT2D eigenvalue weighted by Crippen LogP contribution is 2.32. The summed E-state index contributed by atoms with van der Waals surface area (Å²) in [7, 11) is 1.73. The number of hydrogen-bond donors (Lipinski definition) is 0. The number of anilines is 1. The van der Waals surface area contributed by atoms with Gasteiger partial charge in [0.05, 0.1) is 12.8 Å². The molecule has 0 unspecified atom stereocenters. The van der Waals surface area contributed by atoms with E-state index in [1.165, 1.54) is 5.69 Å². The summed E-state index contributed by atoms with van der Waals surface area (Å²) in [5, 5.41) is 0. The van der Waals surface area contributed by atoms with Crippen molar-refractivity contribution in [3.63, 3.8) is 0 Å². The quantitative estimate of drug-likeness (QED) is 0.828. The van der Waals surface area contributed by atoms with Gasteiger partial charge in [-0.05, 0) is 39.0 Å². The number of rotatable bonds is 2. The first-order valence-corrected chi connectivity index (χ1v) is 7.54. The van der Waals surface area contributed by atoms with E-state index in [-0.39, 0.29) is 5.54 Å². The maximum atomic E-state index is 5.49. The van der Waals surface area contributed by atoms with Crippen molar-refractivity contribution in [1.29, 1.82) is 0 Å². The molecule has 1 fully saturated rings. The normalized spacial score (nSPS) is 17.6. The van der Waals surface area contributed by atoms with Gasteiger partial charge in [-0.15, -0.1) is 0 Å². The highest BCUT2D eigenvalue weighted by Gasteiger charge is 2.26. The van der Waals surface area contributed by atoms with Gasteiger partial charge in [-0.1, -0.05) is 15.9 Å². The van der Waals surface area contributed by atoms with Crippen LogP contribution in [0.2, 0.25) is 0 Å². The van der Waals surface area contributed by atoms with Crippen LogP contribution in [0.5, 0.6) is 5.75 Å². The van der Waals surface area contributed by atoms with Crippen LogP contribution in [0.25, 0.3) is 0 Å². The fourth-order valence-electron chi connectivity index (χ4n) is 2.53. The molecule has 1 aromatic carbocycles. The number of piperazine rings is 1. The van der Waals surface area contributed by atoms with Crippen molar-refractivity contribution in [3.05, 3.63) is 22.7 Å². The second kappa shape index (κ2) is 5.71. The highest BCUT2D eigenvalue weighted by atomic mass is 79.9. The minimum absolute atomic E-state index is 0.260. The van der Waals surface area contributed by atoms with Crippen molar-refractivity contribution in [2.45, 2.75) is 26.3 Å². The molecule has 0 bridgehead atoms. The number of ether oxygens (including phenoxy) is 1. The third-order valence-electron chi connectivity index (χ3n) is 3.71. The van der Waals surface area contributed by atoms with Crippen LogP contribution < -0.4 is 9.64 Å². The van der Waals surface area contributed by atoms with Gasteiger partial charge in [0.1, 0.15) is 5.75 Å². The van der Waals surface area contributed by atoms with Crippen molar-refractivity contribution in [3.8, 4) is 5.75 Å². The lowest BCUT2D eigenvalue weighted by atomic mass is 10.0. The summed E-state index contributed by atoms with van der Waals surface area (Å²) >= 11 is 3.49. The maximum Gasteiger partial charge on any atom is 0.143 e. The van der Waals surface area contributed by atoms with Crippen LogP contribution >= 0.6 is 15.9 Å². The van der Waals surface area contributed by atoms with Crippen LogP contribution in [-0.2, 0) is 0 Å². The number of halogens is 1. The van der Waals surface area contributed by atoms with Crippen LogP contribution in [0.1, 0.15) is 20.8 Å². The van der Waals surface area contributed by atoms with Crippen molar-refractivity contribution in [2.24, 2.45) is 0 Å². The molecule has 0 amide bonds. The second-order valence-electron chi connectivity index (χ2n) is 5.96. The highest BCUT2D eigenvalue weighted by molar-refractivity contribution is 9.10. The summed E-state index contributed by atoms with van der Waals surface area (Å²) in [6.07, 6.45) is 0. The van der Waals surface area contributed by atoms with Gasteiger partial charge in [0, 0.05) is 36.2 Å². The standard InChI is InChI=1S/C15H23BrN2O/c1-15(2,3)18-9-7-17(8-10-18)13-6-5-12(16)11-14(13)19-4/h5-6,11H,7-10H2,1-4H3. The molecule has 0 spiro atoms. The summed E-state index contributed by atoms with van der Waals surface area (Å²) < 4.78 is 6.55. The van der Waals surface area contributed by atoms with Crippen LogP contribution in [-0.4, -0.2) is 43.7 Å². The van der Waals surface area contributed by atoms with Gasteiger partial charge in [0.2, 0.25) is 0 Å². The number of methoxy groups -OCH3 is 1. The average molecular weight is 327 g/mol. The molecule has 1 aliphatic heterocycles. The van der Waals surface area contributed by atoms with Crippen LogP contribution in [0.4, 0.5) is 5.69 Å². The largest absolute Gasteiger partial charge is 0.495 e. The Kier molecular flexibility index (Phi) is 4.41. The third kappa shape index (κ3) is 3.42. The van der Waals surface area contributed by atoms with Gasteiger partial charge < -0.3 is 9.64 Å². The zero-order chi connectivity index (χ0) is 14.0. The van der Waals surface area contributed by atoms with E-state index < -0.39 is 0 Å². The molecule has 0 aliphatic carbocycles. The lowest BCUT2D eigenvalue weighted by molar-refractivity contribution is 0.128.